The molecule has 2 aromatic rings. The van der Waals surface area contributed by atoms with E-state index in [1.165, 1.54) is 37.8 Å². The largest absolute Gasteiger partial charge is 0.392 e. The third kappa shape index (κ3) is 4.66. The SMILES string of the molecule is OCc1cc(-c2ccnc(CC3CCCCC3)c2)nc(N2CCNCC2)c1. The average Bonchev–Trinajstić information content (AvgIpc) is 2.75. The summed E-state index contributed by atoms with van der Waals surface area (Å²) in [7, 11) is 0. The quantitative estimate of drug-likeness (QED) is 0.851. The maximum absolute atomic E-state index is 9.73. The van der Waals surface area contributed by atoms with Crippen LogP contribution in [0.5, 0.6) is 0 Å². The first-order valence-corrected chi connectivity index (χ1v) is 10.3. The highest BCUT2D eigenvalue weighted by Gasteiger charge is 2.16. The summed E-state index contributed by atoms with van der Waals surface area (Å²) in [6.45, 7) is 3.88. The maximum atomic E-state index is 9.73. The van der Waals surface area contributed by atoms with E-state index in [2.05, 4.69) is 21.3 Å². The molecule has 27 heavy (non-hydrogen) atoms. The summed E-state index contributed by atoms with van der Waals surface area (Å²) in [6.07, 6.45) is 9.74. The lowest BCUT2D eigenvalue weighted by Crippen LogP contribution is -2.43. The van der Waals surface area contributed by atoms with Crippen LogP contribution in [0.15, 0.2) is 30.5 Å². The molecule has 2 fully saturated rings. The van der Waals surface area contributed by atoms with Gasteiger partial charge in [0.25, 0.3) is 0 Å². The molecule has 0 bridgehead atoms. The van der Waals surface area contributed by atoms with E-state index in [0.717, 1.165) is 61.2 Å². The van der Waals surface area contributed by atoms with Gasteiger partial charge in [0, 0.05) is 43.6 Å². The van der Waals surface area contributed by atoms with E-state index in [9.17, 15) is 5.11 Å². The zero-order valence-corrected chi connectivity index (χ0v) is 16.0. The Labute approximate surface area is 161 Å². The normalized spacial score (nSPS) is 18.6. The molecule has 2 aliphatic rings. The number of pyridine rings is 2. The third-order valence-corrected chi connectivity index (χ3v) is 5.83. The molecule has 1 saturated heterocycles. The Morgan fingerprint density at radius 3 is 2.67 bits per heavy atom. The van der Waals surface area contributed by atoms with Crippen molar-refractivity contribution in [3.05, 3.63) is 41.7 Å². The molecule has 5 heteroatoms. The molecule has 0 radical (unpaired) electrons. The Balaban J connectivity index is 1.59. The highest BCUT2D eigenvalue weighted by molar-refractivity contribution is 5.63. The lowest BCUT2D eigenvalue weighted by atomic mass is 9.86. The van der Waals surface area contributed by atoms with Gasteiger partial charge in [0.1, 0.15) is 5.82 Å². The lowest BCUT2D eigenvalue weighted by molar-refractivity contribution is 0.282. The molecule has 0 unspecified atom stereocenters. The van der Waals surface area contributed by atoms with E-state index >= 15 is 0 Å². The molecule has 0 aromatic carbocycles. The number of hydrogen-bond donors (Lipinski definition) is 2. The molecule has 0 spiro atoms. The smallest absolute Gasteiger partial charge is 0.129 e. The second-order valence-corrected chi connectivity index (χ2v) is 7.86. The van der Waals surface area contributed by atoms with Gasteiger partial charge < -0.3 is 15.3 Å². The zero-order valence-electron chi connectivity index (χ0n) is 16.0. The molecule has 4 rings (SSSR count). The van der Waals surface area contributed by atoms with Crippen molar-refractivity contribution in [2.45, 2.75) is 45.1 Å². The first-order chi connectivity index (χ1) is 13.3. The van der Waals surface area contributed by atoms with Crippen molar-refractivity contribution in [3.63, 3.8) is 0 Å². The first kappa shape index (κ1) is 18.4. The van der Waals surface area contributed by atoms with Gasteiger partial charge in [0.05, 0.1) is 12.3 Å². The minimum Gasteiger partial charge on any atom is -0.392 e. The number of aliphatic hydroxyl groups excluding tert-OH is 1. The Morgan fingerprint density at radius 2 is 1.89 bits per heavy atom. The summed E-state index contributed by atoms with van der Waals surface area (Å²) in [5, 5.41) is 13.1. The number of aliphatic hydroxyl groups is 1. The van der Waals surface area contributed by atoms with Crippen molar-refractivity contribution < 1.29 is 5.11 Å². The Bertz CT molecular complexity index is 752. The van der Waals surface area contributed by atoms with Crippen LogP contribution >= 0.6 is 0 Å². The fraction of sp³-hybridized carbons (Fsp3) is 0.545. The third-order valence-electron chi connectivity index (χ3n) is 5.83. The van der Waals surface area contributed by atoms with Crippen LogP contribution in [0.1, 0.15) is 43.4 Å². The minimum atomic E-state index is 0.0363. The molecule has 5 nitrogen and oxygen atoms in total. The van der Waals surface area contributed by atoms with Crippen LogP contribution < -0.4 is 10.2 Å². The average molecular weight is 367 g/mol. The fourth-order valence-corrected chi connectivity index (χ4v) is 4.30. The molecule has 0 atom stereocenters. The number of aromatic nitrogens is 2. The molecule has 1 saturated carbocycles. The molecular weight excluding hydrogens is 336 g/mol. The molecule has 1 aliphatic carbocycles. The number of piperazine rings is 1. The Hall–Kier alpha value is -1.98. The maximum Gasteiger partial charge on any atom is 0.129 e. The monoisotopic (exact) mass is 366 g/mol. The van der Waals surface area contributed by atoms with Gasteiger partial charge in [-0.1, -0.05) is 32.1 Å². The number of rotatable bonds is 5. The molecular formula is C22H30N4O. The van der Waals surface area contributed by atoms with Gasteiger partial charge in [-0.05, 0) is 42.2 Å². The number of nitrogens with zero attached hydrogens (tertiary/aromatic N) is 3. The minimum absolute atomic E-state index is 0.0363. The highest BCUT2D eigenvalue weighted by atomic mass is 16.3. The van der Waals surface area contributed by atoms with Crippen molar-refractivity contribution in [2.75, 3.05) is 31.1 Å². The number of anilines is 1. The van der Waals surface area contributed by atoms with Crippen molar-refractivity contribution in [1.82, 2.24) is 15.3 Å². The summed E-state index contributed by atoms with van der Waals surface area (Å²) in [4.78, 5) is 11.8. The molecule has 2 N–H and O–H groups in total. The van der Waals surface area contributed by atoms with Crippen LogP contribution in [-0.2, 0) is 13.0 Å². The number of hydrogen-bond acceptors (Lipinski definition) is 5. The van der Waals surface area contributed by atoms with Gasteiger partial charge >= 0.3 is 0 Å². The van der Waals surface area contributed by atoms with E-state index in [-0.39, 0.29) is 6.61 Å². The summed E-state index contributed by atoms with van der Waals surface area (Å²) in [5.41, 5.74) is 4.11. The lowest BCUT2D eigenvalue weighted by Gasteiger charge is -2.29. The zero-order chi connectivity index (χ0) is 18.5. The Morgan fingerprint density at radius 1 is 1.07 bits per heavy atom. The van der Waals surface area contributed by atoms with Crippen LogP contribution in [0, 0.1) is 5.92 Å². The van der Waals surface area contributed by atoms with E-state index < -0.39 is 0 Å². The van der Waals surface area contributed by atoms with Crippen molar-refractivity contribution in [3.8, 4) is 11.3 Å². The van der Waals surface area contributed by atoms with Crippen LogP contribution in [0.2, 0.25) is 0 Å². The summed E-state index contributed by atoms with van der Waals surface area (Å²) < 4.78 is 0. The molecule has 144 valence electrons. The predicted molar refractivity (Wildman–Crippen MR) is 109 cm³/mol. The van der Waals surface area contributed by atoms with Crippen molar-refractivity contribution in [2.24, 2.45) is 5.92 Å². The van der Waals surface area contributed by atoms with E-state index in [1.807, 2.05) is 24.4 Å². The summed E-state index contributed by atoms with van der Waals surface area (Å²) >= 11 is 0. The van der Waals surface area contributed by atoms with Gasteiger partial charge in [-0.2, -0.15) is 0 Å². The van der Waals surface area contributed by atoms with E-state index in [1.54, 1.807) is 0 Å². The molecule has 0 amide bonds. The van der Waals surface area contributed by atoms with Crippen LogP contribution in [0.4, 0.5) is 5.82 Å². The summed E-state index contributed by atoms with van der Waals surface area (Å²) in [5.74, 6) is 1.73. The molecule has 2 aromatic heterocycles. The second kappa shape index (κ2) is 8.81. The van der Waals surface area contributed by atoms with Crippen LogP contribution in [0.25, 0.3) is 11.3 Å². The second-order valence-electron chi connectivity index (χ2n) is 7.86. The van der Waals surface area contributed by atoms with Crippen molar-refractivity contribution in [1.29, 1.82) is 0 Å². The van der Waals surface area contributed by atoms with Crippen molar-refractivity contribution >= 4 is 5.82 Å². The van der Waals surface area contributed by atoms with Crippen LogP contribution in [-0.4, -0.2) is 41.3 Å². The van der Waals surface area contributed by atoms with Gasteiger partial charge in [0.15, 0.2) is 0 Å². The highest BCUT2D eigenvalue weighted by Crippen LogP contribution is 2.28. The van der Waals surface area contributed by atoms with E-state index in [4.69, 9.17) is 4.98 Å². The fourth-order valence-electron chi connectivity index (χ4n) is 4.30. The van der Waals surface area contributed by atoms with Gasteiger partial charge in [-0.15, -0.1) is 0 Å². The molecule has 1 aliphatic heterocycles. The topological polar surface area (TPSA) is 61.3 Å². The van der Waals surface area contributed by atoms with Crippen LogP contribution in [0.3, 0.4) is 0 Å². The molecule has 3 heterocycles. The predicted octanol–water partition coefficient (Wildman–Crippen LogP) is 3.17. The van der Waals surface area contributed by atoms with Gasteiger partial charge in [-0.25, -0.2) is 4.98 Å². The number of nitrogens with one attached hydrogen (secondary N) is 1. The van der Waals surface area contributed by atoms with Gasteiger partial charge in [0.2, 0.25) is 0 Å². The Kier molecular flexibility index (Phi) is 6.00. The van der Waals surface area contributed by atoms with E-state index in [0.29, 0.717) is 0 Å². The standard InChI is InChI=1S/C22H30N4O/c27-16-18-13-21(25-22(14-18)26-10-8-23-9-11-26)19-6-7-24-20(15-19)12-17-4-2-1-3-5-17/h6-7,13-15,17,23,27H,1-5,8-12,16H2. The summed E-state index contributed by atoms with van der Waals surface area (Å²) in [6, 6.07) is 8.25. The first-order valence-electron chi connectivity index (χ1n) is 10.3. The van der Waals surface area contributed by atoms with Gasteiger partial charge in [-0.3, -0.25) is 4.98 Å².